The van der Waals surface area contributed by atoms with Crippen LogP contribution in [-0.2, 0) is 11.2 Å². The standard InChI is InChI=1S/C24H19Cl3N4O.ClH/c25-17-7-5-16(6-8-17)23-14-20(28-31(23)22-10-9-18(26)13-19(22)27)24(32)29-30-12-11-15-3-1-2-4-21(15)30;/h1-10,13,23H,11-12,14H2,(H,29,32);1H/t23-;/m0./s1. The highest BCUT2D eigenvalue weighted by Crippen LogP contribution is 2.40. The van der Waals surface area contributed by atoms with E-state index in [9.17, 15) is 4.79 Å². The summed E-state index contributed by atoms with van der Waals surface area (Å²) in [5.74, 6) is -0.228. The molecule has 2 heterocycles. The third kappa shape index (κ3) is 4.78. The summed E-state index contributed by atoms with van der Waals surface area (Å²) < 4.78 is 0. The molecule has 0 saturated carbocycles. The molecule has 0 unspecified atom stereocenters. The van der Waals surface area contributed by atoms with Gasteiger partial charge in [0.05, 0.1) is 22.4 Å². The summed E-state index contributed by atoms with van der Waals surface area (Å²) in [7, 11) is 0. The number of anilines is 2. The van der Waals surface area contributed by atoms with E-state index in [1.54, 1.807) is 17.1 Å². The van der Waals surface area contributed by atoms with E-state index in [1.807, 2.05) is 53.5 Å². The molecule has 5 rings (SSSR count). The fraction of sp³-hybridized carbons (Fsp3) is 0.167. The van der Waals surface area contributed by atoms with E-state index in [0.717, 1.165) is 24.2 Å². The maximum atomic E-state index is 13.2. The number of halogens is 4. The first-order chi connectivity index (χ1) is 15.5. The molecule has 170 valence electrons. The van der Waals surface area contributed by atoms with Gasteiger partial charge in [-0.05, 0) is 53.9 Å². The predicted octanol–water partition coefficient (Wildman–Crippen LogP) is 6.47. The fourth-order valence-electron chi connectivity index (χ4n) is 4.12. The van der Waals surface area contributed by atoms with Gasteiger partial charge in [0.15, 0.2) is 0 Å². The zero-order chi connectivity index (χ0) is 22.2. The van der Waals surface area contributed by atoms with Crippen LogP contribution in [0.5, 0.6) is 0 Å². The number of rotatable bonds is 4. The summed E-state index contributed by atoms with van der Waals surface area (Å²) in [4.78, 5) is 13.2. The largest absolute Gasteiger partial charge is 0.286 e. The summed E-state index contributed by atoms with van der Waals surface area (Å²) in [5, 5.41) is 10.0. The van der Waals surface area contributed by atoms with Crippen LogP contribution in [0.3, 0.4) is 0 Å². The lowest BCUT2D eigenvalue weighted by atomic mass is 10.0. The second-order valence-electron chi connectivity index (χ2n) is 7.73. The molecule has 0 bridgehead atoms. The minimum Gasteiger partial charge on any atom is -0.285 e. The van der Waals surface area contributed by atoms with Crippen molar-refractivity contribution < 1.29 is 4.79 Å². The summed E-state index contributed by atoms with van der Waals surface area (Å²) in [6.45, 7) is 0.728. The molecular formula is C24H20Cl4N4O. The highest BCUT2D eigenvalue weighted by molar-refractivity contribution is 6.40. The number of nitrogens with zero attached hydrogens (tertiary/aromatic N) is 3. The molecule has 0 spiro atoms. The van der Waals surface area contributed by atoms with Gasteiger partial charge in [0.25, 0.3) is 5.91 Å². The van der Waals surface area contributed by atoms with E-state index in [2.05, 4.69) is 16.6 Å². The highest BCUT2D eigenvalue weighted by atomic mass is 35.5. The number of hydrazine groups is 1. The SMILES string of the molecule is Cl.O=C(NN1CCc2ccccc21)C1=NN(c2ccc(Cl)cc2Cl)[C@H](c2ccc(Cl)cc2)C1. The number of hydrogen-bond donors (Lipinski definition) is 1. The number of carbonyl (C=O) groups is 1. The molecule has 2 aliphatic rings. The van der Waals surface area contributed by atoms with Crippen molar-refractivity contribution in [1.29, 1.82) is 0 Å². The molecule has 1 amide bonds. The van der Waals surface area contributed by atoms with Crippen LogP contribution in [0.1, 0.15) is 23.6 Å². The monoisotopic (exact) mass is 520 g/mol. The zero-order valence-corrected chi connectivity index (χ0v) is 20.4. The quantitative estimate of drug-likeness (QED) is 0.428. The maximum absolute atomic E-state index is 13.2. The molecule has 9 heteroatoms. The Labute approximate surface area is 213 Å². The van der Waals surface area contributed by atoms with Crippen LogP contribution < -0.4 is 15.4 Å². The Morgan fingerprint density at radius 3 is 2.42 bits per heavy atom. The van der Waals surface area contributed by atoms with Gasteiger partial charge in [0.1, 0.15) is 5.71 Å². The van der Waals surface area contributed by atoms with E-state index in [1.165, 1.54) is 5.56 Å². The van der Waals surface area contributed by atoms with Crippen molar-refractivity contribution in [2.75, 3.05) is 16.6 Å². The van der Waals surface area contributed by atoms with E-state index in [0.29, 0.717) is 32.9 Å². The molecule has 0 aliphatic carbocycles. The van der Waals surface area contributed by atoms with Crippen molar-refractivity contribution in [3.8, 4) is 0 Å². The van der Waals surface area contributed by atoms with Gasteiger partial charge in [-0.15, -0.1) is 12.4 Å². The van der Waals surface area contributed by atoms with Crippen molar-refractivity contribution in [2.24, 2.45) is 5.10 Å². The van der Waals surface area contributed by atoms with Gasteiger partial charge in [-0.2, -0.15) is 5.10 Å². The Hall–Kier alpha value is -2.44. The van der Waals surface area contributed by atoms with Crippen LogP contribution in [0.15, 0.2) is 71.8 Å². The van der Waals surface area contributed by atoms with Gasteiger partial charge in [0, 0.05) is 23.0 Å². The Kier molecular flexibility index (Phi) is 7.05. The van der Waals surface area contributed by atoms with Crippen molar-refractivity contribution >= 4 is 70.2 Å². The first-order valence-corrected chi connectivity index (χ1v) is 11.4. The number of hydrazone groups is 1. The zero-order valence-electron chi connectivity index (χ0n) is 17.3. The lowest BCUT2D eigenvalue weighted by Gasteiger charge is -2.25. The van der Waals surface area contributed by atoms with E-state index in [4.69, 9.17) is 34.8 Å². The lowest BCUT2D eigenvalue weighted by Crippen LogP contribution is -2.44. The van der Waals surface area contributed by atoms with E-state index >= 15 is 0 Å². The molecule has 0 radical (unpaired) electrons. The molecule has 3 aromatic carbocycles. The van der Waals surface area contributed by atoms with Crippen LogP contribution >= 0.6 is 47.2 Å². The molecule has 0 fully saturated rings. The highest BCUT2D eigenvalue weighted by Gasteiger charge is 2.34. The van der Waals surface area contributed by atoms with Crippen molar-refractivity contribution in [2.45, 2.75) is 18.9 Å². The summed E-state index contributed by atoms with van der Waals surface area (Å²) in [6.07, 6.45) is 1.32. The summed E-state index contributed by atoms with van der Waals surface area (Å²) in [6, 6.07) is 20.7. The van der Waals surface area contributed by atoms with Gasteiger partial charge < -0.3 is 0 Å². The Balaban J connectivity index is 0.00000259. The van der Waals surface area contributed by atoms with Crippen molar-refractivity contribution in [3.05, 3.63) is 92.9 Å². The molecular weight excluding hydrogens is 502 g/mol. The van der Waals surface area contributed by atoms with Crippen LogP contribution in [-0.4, -0.2) is 18.2 Å². The average Bonchev–Trinajstić information content (AvgIpc) is 3.39. The molecule has 3 aromatic rings. The van der Waals surface area contributed by atoms with Gasteiger partial charge in [-0.25, -0.2) is 0 Å². The van der Waals surface area contributed by atoms with Crippen LogP contribution in [0.2, 0.25) is 15.1 Å². The Morgan fingerprint density at radius 2 is 1.67 bits per heavy atom. The number of fused-ring (bicyclic) bond motifs is 1. The third-order valence-corrected chi connectivity index (χ3v) is 6.50. The number of carbonyl (C=O) groups excluding carboxylic acids is 1. The first kappa shape index (κ1) is 23.7. The van der Waals surface area contributed by atoms with E-state index < -0.39 is 0 Å². The molecule has 0 saturated heterocycles. The number of nitrogens with one attached hydrogen (secondary N) is 1. The normalized spacial score (nSPS) is 16.8. The molecule has 5 nitrogen and oxygen atoms in total. The summed E-state index contributed by atoms with van der Waals surface area (Å²) >= 11 is 18.7. The number of amides is 1. The second-order valence-corrected chi connectivity index (χ2v) is 9.01. The van der Waals surface area contributed by atoms with Crippen LogP contribution in [0.25, 0.3) is 0 Å². The molecule has 1 N–H and O–H groups in total. The Bertz CT molecular complexity index is 1220. The van der Waals surface area contributed by atoms with Crippen molar-refractivity contribution in [1.82, 2.24) is 5.43 Å². The lowest BCUT2D eigenvalue weighted by molar-refractivity contribution is -0.115. The van der Waals surface area contributed by atoms with E-state index in [-0.39, 0.29) is 24.4 Å². The average molecular weight is 522 g/mol. The third-order valence-electron chi connectivity index (χ3n) is 5.71. The minimum absolute atomic E-state index is 0. The minimum atomic E-state index is -0.228. The van der Waals surface area contributed by atoms with Crippen molar-refractivity contribution in [3.63, 3.8) is 0 Å². The second kappa shape index (κ2) is 9.82. The molecule has 1 atom stereocenters. The van der Waals surface area contributed by atoms with Gasteiger partial charge >= 0.3 is 0 Å². The van der Waals surface area contributed by atoms with Gasteiger partial charge in [0.2, 0.25) is 0 Å². The first-order valence-electron chi connectivity index (χ1n) is 10.2. The summed E-state index contributed by atoms with van der Waals surface area (Å²) in [5.41, 5.74) is 7.35. The van der Waals surface area contributed by atoms with Gasteiger partial charge in [-0.1, -0.05) is 65.1 Å². The number of para-hydroxylation sites is 1. The predicted molar refractivity (Wildman–Crippen MR) is 138 cm³/mol. The van der Waals surface area contributed by atoms with Crippen LogP contribution in [0.4, 0.5) is 11.4 Å². The molecule has 2 aliphatic heterocycles. The fourth-order valence-corrected chi connectivity index (χ4v) is 4.74. The van der Waals surface area contributed by atoms with Crippen LogP contribution in [0, 0.1) is 0 Å². The van der Waals surface area contributed by atoms with Gasteiger partial charge in [-0.3, -0.25) is 20.2 Å². The number of hydrogen-bond acceptors (Lipinski definition) is 4. The smallest absolute Gasteiger partial charge is 0.285 e. The maximum Gasteiger partial charge on any atom is 0.286 e. The molecule has 33 heavy (non-hydrogen) atoms. The topological polar surface area (TPSA) is 47.9 Å². The number of benzene rings is 3. The molecule has 0 aromatic heterocycles. The Morgan fingerprint density at radius 1 is 0.939 bits per heavy atom.